The van der Waals surface area contributed by atoms with Gasteiger partial charge in [0.25, 0.3) is 16.8 Å². The van der Waals surface area contributed by atoms with E-state index in [9.17, 15) is 18.0 Å². The zero-order chi connectivity index (χ0) is 37.6. The van der Waals surface area contributed by atoms with Crippen LogP contribution in [0.2, 0.25) is 5.02 Å². The third kappa shape index (κ3) is 10.6. The topological polar surface area (TPSA) is 203 Å². The molecule has 0 saturated carbocycles. The normalized spacial score (nSPS) is 11.4. The highest BCUT2D eigenvalue weighted by Crippen LogP contribution is 2.28. The number of anilines is 4. The highest BCUT2D eigenvalue weighted by molar-refractivity contribution is 7.91. The van der Waals surface area contributed by atoms with E-state index in [1.807, 2.05) is 24.5 Å². The molecule has 0 saturated heterocycles. The third-order valence-corrected chi connectivity index (χ3v) is 9.15. The van der Waals surface area contributed by atoms with Crippen molar-refractivity contribution in [1.82, 2.24) is 30.6 Å². The van der Waals surface area contributed by atoms with Crippen molar-refractivity contribution in [2.24, 2.45) is 5.92 Å². The van der Waals surface area contributed by atoms with Crippen LogP contribution in [-0.4, -0.2) is 65.8 Å². The molecule has 0 spiro atoms. The molecule has 6 aromatic rings. The number of halogens is 1. The average molecular weight is 759 g/mol. The van der Waals surface area contributed by atoms with Crippen LogP contribution in [0.15, 0.2) is 124 Å². The Bertz CT molecular complexity index is 2180. The van der Waals surface area contributed by atoms with Crippen molar-refractivity contribution in [2.75, 3.05) is 30.9 Å². The van der Waals surface area contributed by atoms with Crippen LogP contribution in [-0.2, 0) is 25.8 Å². The largest absolute Gasteiger partial charge is 0.473 e. The summed E-state index contributed by atoms with van der Waals surface area (Å²) in [6, 6.07) is 25.6. The molecular formula is C36H35ClN8O7S. The molecule has 6 rings (SSSR count). The van der Waals surface area contributed by atoms with Gasteiger partial charge in [-0.05, 0) is 64.4 Å². The second-order valence-corrected chi connectivity index (χ2v) is 13.6. The molecule has 0 fully saturated rings. The van der Waals surface area contributed by atoms with Gasteiger partial charge in [0.1, 0.15) is 5.02 Å². The Kier molecular flexibility index (Phi) is 13.1. The molecule has 1 atom stereocenters. The summed E-state index contributed by atoms with van der Waals surface area (Å²) in [7, 11) is -2.44. The molecule has 3 aromatic carbocycles. The van der Waals surface area contributed by atoms with Gasteiger partial charge in [0.2, 0.25) is 15.8 Å². The maximum absolute atomic E-state index is 12.8. The van der Waals surface area contributed by atoms with Gasteiger partial charge >= 0.3 is 5.97 Å². The average Bonchev–Trinajstić information content (AvgIpc) is 3.92. The van der Waals surface area contributed by atoms with Gasteiger partial charge in [-0.15, -0.1) is 0 Å². The van der Waals surface area contributed by atoms with Crippen molar-refractivity contribution in [3.05, 3.63) is 126 Å². The first-order valence-corrected chi connectivity index (χ1v) is 18.0. The Balaban J connectivity index is 0.000000998. The molecule has 3 heterocycles. The van der Waals surface area contributed by atoms with Gasteiger partial charge in [0, 0.05) is 31.0 Å². The first kappa shape index (κ1) is 38.0. The van der Waals surface area contributed by atoms with Crippen molar-refractivity contribution in [3.63, 3.8) is 0 Å². The molecule has 274 valence electrons. The minimum absolute atomic E-state index is 0.00373. The van der Waals surface area contributed by atoms with Crippen molar-refractivity contribution >= 4 is 56.5 Å². The van der Waals surface area contributed by atoms with Crippen LogP contribution >= 0.6 is 11.6 Å². The summed E-state index contributed by atoms with van der Waals surface area (Å²) in [6.45, 7) is 1.80. The number of H-pyrrole nitrogens is 1. The van der Waals surface area contributed by atoms with Crippen molar-refractivity contribution < 1.29 is 32.1 Å². The number of ether oxygens (including phenoxy) is 2. The molecular weight excluding hydrogens is 724 g/mol. The zero-order valence-corrected chi connectivity index (χ0v) is 30.1. The highest BCUT2D eigenvalue weighted by atomic mass is 35.5. The number of esters is 1. The van der Waals surface area contributed by atoms with E-state index in [1.165, 1.54) is 18.3 Å². The predicted molar refractivity (Wildman–Crippen MR) is 196 cm³/mol. The van der Waals surface area contributed by atoms with E-state index in [0.717, 1.165) is 0 Å². The summed E-state index contributed by atoms with van der Waals surface area (Å²) in [5, 5.41) is 15.7. The summed E-state index contributed by atoms with van der Waals surface area (Å²) in [6.07, 6.45) is 5.21. The molecule has 1 unspecified atom stereocenters. The Labute approximate surface area is 310 Å². The zero-order valence-electron chi connectivity index (χ0n) is 28.5. The molecule has 0 aliphatic rings. The molecule has 0 bridgehead atoms. The standard InChI is InChI=1S/C32H30ClN7O7S.C4H5N/c1-20(19-46-30-31(40-47-39-30)48(43,44)23-8-4-3-5-9-23)18-45-27(41)16-21-12-14-22(15-13-21)36-32-35-17-25(33)28(38-32)37-26-11-7-6-10-24(26)29(42)34-2;1-2-4-5-3-1/h3-15,17,20H,16,18-19H2,1-2H3,(H,34,42)(H2,35,36,37,38);1-5H. The Morgan fingerprint density at radius 3 is 2.32 bits per heavy atom. The molecule has 0 aliphatic carbocycles. The Morgan fingerprint density at radius 1 is 0.906 bits per heavy atom. The minimum Gasteiger partial charge on any atom is -0.473 e. The van der Waals surface area contributed by atoms with Crippen LogP contribution in [0.4, 0.5) is 23.1 Å². The van der Waals surface area contributed by atoms with E-state index in [1.54, 1.807) is 80.7 Å². The first-order valence-electron chi connectivity index (χ1n) is 16.1. The number of carbonyl (C=O) groups is 2. The van der Waals surface area contributed by atoms with Gasteiger partial charge in [0.05, 0.1) is 42.0 Å². The van der Waals surface area contributed by atoms with Crippen molar-refractivity contribution in [2.45, 2.75) is 23.3 Å². The van der Waals surface area contributed by atoms with E-state index in [0.29, 0.717) is 28.3 Å². The van der Waals surface area contributed by atoms with Crippen LogP contribution < -0.4 is 20.7 Å². The molecule has 4 N–H and O–H groups in total. The monoisotopic (exact) mass is 758 g/mol. The number of amides is 1. The summed E-state index contributed by atoms with van der Waals surface area (Å²) in [4.78, 5) is 36.3. The molecule has 15 nitrogen and oxygen atoms in total. The van der Waals surface area contributed by atoms with Gasteiger partial charge in [-0.2, -0.15) is 4.98 Å². The fraction of sp³-hybridized carbons (Fsp3) is 0.167. The summed E-state index contributed by atoms with van der Waals surface area (Å²) in [5.74, 6) is -0.711. The van der Waals surface area contributed by atoms with Crippen molar-refractivity contribution in [1.29, 1.82) is 0 Å². The molecule has 3 aromatic heterocycles. The number of carbonyl (C=O) groups excluding carboxylic acids is 2. The number of hydrogen-bond acceptors (Lipinski definition) is 13. The summed E-state index contributed by atoms with van der Waals surface area (Å²) < 4.78 is 41.2. The lowest BCUT2D eigenvalue weighted by Crippen LogP contribution is -2.19. The van der Waals surface area contributed by atoms with Gasteiger partial charge in [-0.25, -0.2) is 18.0 Å². The molecule has 53 heavy (non-hydrogen) atoms. The van der Waals surface area contributed by atoms with Crippen LogP contribution in [0, 0.1) is 5.92 Å². The maximum Gasteiger partial charge on any atom is 0.310 e. The smallest absolute Gasteiger partial charge is 0.310 e. The minimum atomic E-state index is -3.99. The molecule has 1 amide bonds. The Hall–Kier alpha value is -6.26. The lowest BCUT2D eigenvalue weighted by Gasteiger charge is -2.13. The number of aromatic amines is 1. The van der Waals surface area contributed by atoms with Gasteiger partial charge in [-0.1, -0.05) is 61.0 Å². The fourth-order valence-corrected chi connectivity index (χ4v) is 5.87. The van der Waals surface area contributed by atoms with Gasteiger partial charge in [-0.3, -0.25) is 9.59 Å². The second kappa shape index (κ2) is 18.3. The SMILES string of the molecule is CNC(=O)c1ccccc1Nc1nc(Nc2ccc(CC(=O)OCC(C)COc3nonc3S(=O)(=O)c3ccccc3)cc2)ncc1Cl.c1cc[nH]c1. The van der Waals surface area contributed by atoms with Crippen molar-refractivity contribution in [3.8, 4) is 5.88 Å². The van der Waals surface area contributed by atoms with E-state index < -0.39 is 20.8 Å². The van der Waals surface area contributed by atoms with E-state index in [4.69, 9.17) is 21.1 Å². The number of hydrogen-bond donors (Lipinski definition) is 4. The number of benzene rings is 3. The second-order valence-electron chi connectivity index (χ2n) is 11.3. The lowest BCUT2D eigenvalue weighted by molar-refractivity contribution is -0.144. The maximum atomic E-state index is 12.8. The molecule has 0 aliphatic heterocycles. The summed E-state index contributed by atoms with van der Waals surface area (Å²) in [5.41, 5.74) is 2.32. The molecule has 0 radical (unpaired) electrons. The number of para-hydroxylation sites is 1. The fourth-order valence-electron chi connectivity index (χ4n) is 4.54. The Morgan fingerprint density at radius 2 is 1.62 bits per heavy atom. The lowest BCUT2D eigenvalue weighted by atomic mass is 10.1. The third-order valence-electron chi connectivity index (χ3n) is 7.22. The number of nitrogens with one attached hydrogen (secondary N) is 4. The van der Waals surface area contributed by atoms with Crippen LogP contribution in [0.3, 0.4) is 0 Å². The quantitative estimate of drug-likeness (QED) is 0.0942. The number of nitrogens with zero attached hydrogens (tertiary/aromatic N) is 4. The molecule has 17 heteroatoms. The van der Waals surface area contributed by atoms with Crippen LogP contribution in [0.25, 0.3) is 0 Å². The van der Waals surface area contributed by atoms with Gasteiger partial charge < -0.3 is 30.4 Å². The predicted octanol–water partition coefficient (Wildman–Crippen LogP) is 6.01. The number of rotatable bonds is 14. The van der Waals surface area contributed by atoms with Gasteiger partial charge in [0.15, 0.2) is 5.82 Å². The van der Waals surface area contributed by atoms with Crippen LogP contribution in [0.1, 0.15) is 22.8 Å². The summed E-state index contributed by atoms with van der Waals surface area (Å²) >= 11 is 6.32. The van der Waals surface area contributed by atoms with E-state index in [-0.39, 0.29) is 53.2 Å². The first-order chi connectivity index (χ1) is 25.6. The van der Waals surface area contributed by atoms with Crippen LogP contribution in [0.5, 0.6) is 5.88 Å². The van der Waals surface area contributed by atoms with E-state index in [2.05, 4.69) is 45.8 Å². The number of aromatic nitrogens is 5. The van der Waals surface area contributed by atoms with E-state index >= 15 is 0 Å². The highest BCUT2D eigenvalue weighted by Gasteiger charge is 2.28. The number of sulfone groups is 1.